The Hall–Kier alpha value is -1.02. The van der Waals surface area contributed by atoms with Crippen LogP contribution in [0.4, 0.5) is 0 Å². The van der Waals surface area contributed by atoms with Crippen LogP contribution < -0.4 is 0 Å². The first kappa shape index (κ1) is 21.7. The Morgan fingerprint density at radius 2 is 1.29 bits per heavy atom. The van der Waals surface area contributed by atoms with Crippen LogP contribution >= 0.6 is 23.5 Å². The Kier molecular flexibility index (Phi) is 6.80. The molecule has 0 bridgehead atoms. The van der Waals surface area contributed by atoms with Crippen molar-refractivity contribution in [2.45, 2.75) is 59.6 Å². The van der Waals surface area contributed by atoms with E-state index in [1.807, 2.05) is 13.8 Å². The van der Waals surface area contributed by atoms with Crippen molar-refractivity contribution in [2.24, 2.45) is 0 Å². The Morgan fingerprint density at radius 3 is 1.68 bits per heavy atom. The minimum Gasteiger partial charge on any atom is -0.393 e. The lowest BCUT2D eigenvalue weighted by atomic mass is 10.0. The van der Waals surface area contributed by atoms with Crippen LogP contribution in [0.1, 0.15) is 25.0 Å². The first-order valence-corrected chi connectivity index (χ1v) is 11.1. The molecule has 1 atom stereocenters. The highest BCUT2D eigenvalue weighted by atomic mass is 32.2. The van der Waals surface area contributed by atoms with Crippen molar-refractivity contribution in [1.82, 2.24) is 0 Å². The van der Waals surface area contributed by atoms with Gasteiger partial charge in [-0.1, -0.05) is 35.4 Å². The second-order valence-electron chi connectivity index (χ2n) is 7.65. The fourth-order valence-corrected chi connectivity index (χ4v) is 6.07. The Morgan fingerprint density at radius 1 is 0.857 bits per heavy atom. The van der Waals surface area contributed by atoms with Gasteiger partial charge in [0.15, 0.2) is 5.79 Å². The monoisotopic (exact) mass is 420 g/mol. The number of aliphatic hydroxyl groups excluding tert-OH is 2. The summed E-state index contributed by atoms with van der Waals surface area (Å²) in [4.78, 5) is 2.21. The lowest BCUT2D eigenvalue weighted by Gasteiger charge is -2.33. The number of aliphatic hydroxyl groups is 2. The zero-order chi connectivity index (χ0) is 20.4. The second kappa shape index (κ2) is 8.78. The average Bonchev–Trinajstić information content (AvgIpc) is 2.96. The van der Waals surface area contributed by atoms with E-state index in [0.717, 1.165) is 9.79 Å². The molecule has 1 aliphatic heterocycles. The largest absolute Gasteiger partial charge is 0.393 e. The zero-order valence-electron chi connectivity index (χ0n) is 16.7. The van der Waals surface area contributed by atoms with Gasteiger partial charge in [-0.3, -0.25) is 0 Å². The van der Waals surface area contributed by atoms with Gasteiger partial charge in [-0.25, -0.2) is 0 Å². The van der Waals surface area contributed by atoms with E-state index in [1.54, 1.807) is 23.5 Å². The maximum absolute atomic E-state index is 10.1. The molecule has 1 fully saturated rings. The molecule has 2 N–H and O–H groups in total. The standard InChI is InChI=1S/C22H28O4S2/c1-15-5-9-17(10-6-15)27-20(28-18-11-7-16(2)8-12-18)19-22(13-23,14-24)26-21(3,4)25-19/h5-12,19-20,23-24H,13-14H2,1-4H3/t19-/m0/s1. The van der Waals surface area contributed by atoms with Gasteiger partial charge >= 0.3 is 0 Å². The molecule has 1 heterocycles. The first-order chi connectivity index (χ1) is 13.3. The third-order valence-electron chi connectivity index (χ3n) is 4.71. The van der Waals surface area contributed by atoms with Crippen molar-refractivity contribution < 1.29 is 19.7 Å². The van der Waals surface area contributed by atoms with Crippen LogP contribution in [-0.2, 0) is 9.47 Å². The van der Waals surface area contributed by atoms with Crippen LogP contribution in [0.5, 0.6) is 0 Å². The van der Waals surface area contributed by atoms with E-state index in [1.165, 1.54) is 11.1 Å². The van der Waals surface area contributed by atoms with Crippen LogP contribution in [0.3, 0.4) is 0 Å². The van der Waals surface area contributed by atoms with E-state index in [2.05, 4.69) is 62.4 Å². The van der Waals surface area contributed by atoms with Gasteiger partial charge in [-0.05, 0) is 52.0 Å². The average molecular weight is 421 g/mol. The van der Waals surface area contributed by atoms with Gasteiger partial charge < -0.3 is 19.7 Å². The normalized spacial score (nSPS) is 20.6. The van der Waals surface area contributed by atoms with E-state index in [-0.39, 0.29) is 17.8 Å². The highest BCUT2D eigenvalue weighted by molar-refractivity contribution is 8.17. The maximum Gasteiger partial charge on any atom is 0.164 e. The third kappa shape index (κ3) is 4.93. The molecule has 152 valence electrons. The summed E-state index contributed by atoms with van der Waals surface area (Å²) in [6.07, 6.45) is -0.491. The van der Waals surface area contributed by atoms with Crippen molar-refractivity contribution in [1.29, 1.82) is 0 Å². The molecule has 0 saturated carbocycles. The van der Waals surface area contributed by atoms with Gasteiger partial charge in [0, 0.05) is 9.79 Å². The summed E-state index contributed by atoms with van der Waals surface area (Å²) >= 11 is 3.33. The van der Waals surface area contributed by atoms with Gasteiger partial charge in [0.1, 0.15) is 11.7 Å². The second-order valence-corrected chi connectivity index (χ2v) is 10.4. The van der Waals surface area contributed by atoms with E-state index in [9.17, 15) is 10.2 Å². The quantitative estimate of drug-likeness (QED) is 0.512. The van der Waals surface area contributed by atoms with Crippen molar-refractivity contribution in [3.63, 3.8) is 0 Å². The molecular weight excluding hydrogens is 392 g/mol. The predicted octanol–water partition coefficient (Wildman–Crippen LogP) is 4.39. The molecule has 0 unspecified atom stereocenters. The van der Waals surface area contributed by atoms with Crippen molar-refractivity contribution in [3.05, 3.63) is 59.7 Å². The van der Waals surface area contributed by atoms with E-state index < -0.39 is 17.5 Å². The smallest absolute Gasteiger partial charge is 0.164 e. The van der Waals surface area contributed by atoms with E-state index in [0.29, 0.717) is 0 Å². The lowest BCUT2D eigenvalue weighted by Crippen LogP contribution is -2.51. The molecular formula is C22H28O4S2. The van der Waals surface area contributed by atoms with Crippen molar-refractivity contribution >= 4 is 23.5 Å². The van der Waals surface area contributed by atoms with Gasteiger partial charge in [-0.2, -0.15) is 0 Å². The van der Waals surface area contributed by atoms with Crippen LogP contribution in [0, 0.1) is 13.8 Å². The van der Waals surface area contributed by atoms with E-state index in [4.69, 9.17) is 9.47 Å². The summed E-state index contributed by atoms with van der Waals surface area (Å²) in [7, 11) is 0. The summed E-state index contributed by atoms with van der Waals surface area (Å²) in [5, 5.41) is 20.2. The SMILES string of the molecule is Cc1ccc(SC(Sc2ccc(C)cc2)[C@@H]2OC(C)(C)OC2(CO)CO)cc1. The molecule has 2 aromatic rings. The fourth-order valence-electron chi connectivity index (χ4n) is 3.23. The summed E-state index contributed by atoms with van der Waals surface area (Å²) < 4.78 is 12.1. The fraction of sp³-hybridized carbons (Fsp3) is 0.455. The minimum absolute atomic E-state index is 0.119. The topological polar surface area (TPSA) is 58.9 Å². The molecule has 0 amide bonds. The maximum atomic E-state index is 10.1. The Labute approximate surface area is 175 Å². The number of ether oxygens (including phenoxy) is 2. The van der Waals surface area contributed by atoms with Gasteiger partial charge in [0.2, 0.25) is 0 Å². The number of rotatable bonds is 7. The van der Waals surface area contributed by atoms with Crippen molar-refractivity contribution in [3.8, 4) is 0 Å². The predicted molar refractivity (Wildman–Crippen MR) is 115 cm³/mol. The molecule has 6 heteroatoms. The molecule has 0 spiro atoms. The molecule has 1 aliphatic rings. The summed E-state index contributed by atoms with van der Waals surface area (Å²) in [5.41, 5.74) is 1.26. The highest BCUT2D eigenvalue weighted by Gasteiger charge is 2.56. The molecule has 3 rings (SSSR count). The van der Waals surface area contributed by atoms with E-state index >= 15 is 0 Å². The summed E-state index contributed by atoms with van der Waals surface area (Å²) in [6, 6.07) is 16.7. The molecule has 1 saturated heterocycles. The molecule has 2 aromatic carbocycles. The third-order valence-corrected chi connectivity index (χ3v) is 7.33. The molecule has 0 aromatic heterocycles. The number of hydrogen-bond acceptors (Lipinski definition) is 6. The number of thioether (sulfide) groups is 2. The van der Waals surface area contributed by atoms with Gasteiger partial charge in [0.05, 0.1) is 17.8 Å². The number of benzene rings is 2. The molecule has 4 nitrogen and oxygen atoms in total. The molecule has 0 radical (unpaired) electrons. The molecule has 0 aliphatic carbocycles. The summed E-state index contributed by atoms with van der Waals surface area (Å²) in [6.45, 7) is 7.14. The molecule has 28 heavy (non-hydrogen) atoms. The zero-order valence-corrected chi connectivity index (χ0v) is 18.3. The number of hydrogen-bond donors (Lipinski definition) is 2. The van der Waals surface area contributed by atoms with Gasteiger partial charge in [0.25, 0.3) is 0 Å². The lowest BCUT2D eigenvalue weighted by molar-refractivity contribution is -0.178. The minimum atomic E-state index is -1.15. The summed E-state index contributed by atoms with van der Waals surface area (Å²) in [5.74, 6) is -0.879. The van der Waals surface area contributed by atoms with Crippen LogP contribution in [0.25, 0.3) is 0 Å². The van der Waals surface area contributed by atoms with Crippen LogP contribution in [-0.4, -0.2) is 45.5 Å². The van der Waals surface area contributed by atoms with Gasteiger partial charge in [-0.15, -0.1) is 23.5 Å². The number of aryl methyl sites for hydroxylation is 2. The Balaban J connectivity index is 1.93. The Bertz CT molecular complexity index is 723. The highest BCUT2D eigenvalue weighted by Crippen LogP contribution is 2.47. The van der Waals surface area contributed by atoms with Crippen molar-refractivity contribution in [2.75, 3.05) is 13.2 Å². The van der Waals surface area contributed by atoms with Crippen LogP contribution in [0.15, 0.2) is 58.3 Å². The first-order valence-electron chi connectivity index (χ1n) is 9.33. The van der Waals surface area contributed by atoms with Crippen LogP contribution in [0.2, 0.25) is 0 Å².